The number of thioether (sulfide) groups is 1. The number of thiocarbonyl (C=S) groups is 1. The second-order valence-electron chi connectivity index (χ2n) is 6.91. The van der Waals surface area contributed by atoms with Crippen LogP contribution in [-0.4, -0.2) is 29.3 Å². The van der Waals surface area contributed by atoms with E-state index in [9.17, 15) is 9.59 Å². The van der Waals surface area contributed by atoms with Gasteiger partial charge in [0.05, 0.1) is 20.5 Å². The third-order valence-electron chi connectivity index (χ3n) is 4.63. The van der Waals surface area contributed by atoms with E-state index in [4.69, 9.17) is 39.9 Å². The van der Waals surface area contributed by atoms with Gasteiger partial charge >= 0.3 is 11.4 Å². The molecule has 3 rings (SSSR count). The molecule has 1 aliphatic rings. The van der Waals surface area contributed by atoms with Crippen LogP contribution in [0.4, 0.5) is 0 Å². The van der Waals surface area contributed by atoms with E-state index in [-0.39, 0.29) is 11.1 Å². The number of rotatable bonds is 4. The molecule has 1 aromatic heterocycles. The van der Waals surface area contributed by atoms with Gasteiger partial charge in [0.25, 0.3) is 0 Å². The SMILES string of the molecule is CC[C@H](C)N1C(=S)SC(C)(C)[C@H]1n1oc(=O)n(-c2ccc(Cl)c(Cl)c2)c1=O. The van der Waals surface area contributed by atoms with Crippen molar-refractivity contribution in [1.29, 1.82) is 0 Å². The van der Waals surface area contributed by atoms with Crippen LogP contribution >= 0.6 is 47.2 Å². The van der Waals surface area contributed by atoms with E-state index in [0.29, 0.717) is 15.0 Å². The fourth-order valence-electron chi connectivity index (χ4n) is 3.11. The quantitative estimate of drug-likeness (QED) is 0.650. The van der Waals surface area contributed by atoms with Crippen molar-refractivity contribution in [3.8, 4) is 5.69 Å². The van der Waals surface area contributed by atoms with Gasteiger partial charge in [-0.15, -0.1) is 4.74 Å². The molecule has 10 heteroatoms. The summed E-state index contributed by atoms with van der Waals surface area (Å²) in [5, 5.41) is 0.575. The summed E-state index contributed by atoms with van der Waals surface area (Å²) in [6.07, 6.45) is 0.314. The third-order valence-corrected chi connectivity index (χ3v) is 6.96. The van der Waals surface area contributed by atoms with Gasteiger partial charge in [-0.25, -0.2) is 9.59 Å². The Balaban J connectivity index is 2.18. The monoisotopic (exact) mass is 447 g/mol. The maximum Gasteiger partial charge on any atom is 0.447 e. The summed E-state index contributed by atoms with van der Waals surface area (Å²) in [6, 6.07) is 4.61. The first-order valence-corrected chi connectivity index (χ1v) is 10.4. The van der Waals surface area contributed by atoms with Crippen molar-refractivity contribution in [2.45, 2.75) is 51.1 Å². The largest absolute Gasteiger partial charge is 0.447 e. The third kappa shape index (κ3) is 3.48. The van der Waals surface area contributed by atoms with Crippen molar-refractivity contribution in [3.05, 3.63) is 49.3 Å². The Labute approximate surface area is 176 Å². The molecule has 0 spiro atoms. The van der Waals surface area contributed by atoms with E-state index in [1.54, 1.807) is 6.07 Å². The summed E-state index contributed by atoms with van der Waals surface area (Å²) in [5.41, 5.74) is -0.293. The molecule has 1 fully saturated rings. The van der Waals surface area contributed by atoms with Crippen LogP contribution in [0, 0.1) is 0 Å². The molecule has 1 aromatic carbocycles. The molecule has 2 heterocycles. The zero-order valence-corrected chi connectivity index (χ0v) is 18.4. The lowest BCUT2D eigenvalue weighted by Gasteiger charge is -2.34. The molecule has 0 saturated carbocycles. The highest BCUT2D eigenvalue weighted by atomic mass is 35.5. The van der Waals surface area contributed by atoms with Gasteiger partial charge in [0.1, 0.15) is 4.32 Å². The number of benzene rings is 1. The minimum Gasteiger partial charge on any atom is -0.330 e. The Kier molecular flexibility index (Phi) is 5.55. The molecule has 0 N–H and O–H groups in total. The fourth-order valence-corrected chi connectivity index (χ4v) is 5.48. The molecule has 6 nitrogen and oxygen atoms in total. The number of hydrogen-bond acceptors (Lipinski definition) is 5. The number of aromatic nitrogens is 2. The smallest absolute Gasteiger partial charge is 0.330 e. The van der Waals surface area contributed by atoms with E-state index in [0.717, 1.165) is 15.7 Å². The Hall–Kier alpha value is -1.22. The topological polar surface area (TPSA) is 60.4 Å². The van der Waals surface area contributed by atoms with Crippen molar-refractivity contribution in [1.82, 2.24) is 14.2 Å². The Morgan fingerprint density at radius 1 is 1.30 bits per heavy atom. The van der Waals surface area contributed by atoms with Crippen molar-refractivity contribution in [2.24, 2.45) is 0 Å². The van der Waals surface area contributed by atoms with Crippen LogP contribution in [-0.2, 0) is 0 Å². The standard InChI is InChI=1S/C17H19Cl2N3O3S2/c1-5-9(2)20-13(17(3,4)27-16(20)26)22-14(23)21(15(24)25-22)10-6-7-11(18)12(19)8-10/h6-9,13H,5H2,1-4H3/t9-,13+/m0/s1. The van der Waals surface area contributed by atoms with Gasteiger partial charge in [0.2, 0.25) is 0 Å². The molecular formula is C17H19Cl2N3O3S2. The van der Waals surface area contributed by atoms with Gasteiger partial charge in [-0.3, -0.25) is 0 Å². The highest BCUT2D eigenvalue weighted by Crippen LogP contribution is 2.48. The normalized spacial score (nSPS) is 20.3. The van der Waals surface area contributed by atoms with Crippen molar-refractivity contribution < 1.29 is 4.52 Å². The molecule has 2 aromatic rings. The molecule has 2 atom stereocenters. The minimum absolute atomic E-state index is 0.0855. The molecule has 146 valence electrons. The van der Waals surface area contributed by atoms with Gasteiger partial charge in [0.15, 0.2) is 6.17 Å². The fraction of sp³-hybridized carbons (Fsp3) is 0.471. The molecular weight excluding hydrogens is 429 g/mol. The molecule has 0 bridgehead atoms. The lowest BCUT2D eigenvalue weighted by atomic mass is 10.1. The van der Waals surface area contributed by atoms with Gasteiger partial charge in [0, 0.05) is 6.04 Å². The zero-order valence-electron chi connectivity index (χ0n) is 15.2. The summed E-state index contributed by atoms with van der Waals surface area (Å²) in [7, 11) is 0. The lowest BCUT2D eigenvalue weighted by molar-refractivity contribution is 0.0694. The summed E-state index contributed by atoms with van der Waals surface area (Å²) >= 11 is 19.0. The highest BCUT2D eigenvalue weighted by Gasteiger charge is 2.49. The zero-order chi connectivity index (χ0) is 20.1. The van der Waals surface area contributed by atoms with Crippen LogP contribution in [0.2, 0.25) is 10.0 Å². The van der Waals surface area contributed by atoms with Crippen LogP contribution < -0.4 is 11.4 Å². The maximum absolute atomic E-state index is 13.1. The lowest BCUT2D eigenvalue weighted by Crippen LogP contribution is -2.45. The van der Waals surface area contributed by atoms with Gasteiger partial charge in [-0.05, 0) is 45.4 Å². The van der Waals surface area contributed by atoms with Gasteiger partial charge < -0.3 is 9.42 Å². The Bertz CT molecular complexity index is 1010. The predicted molar refractivity (Wildman–Crippen MR) is 113 cm³/mol. The van der Waals surface area contributed by atoms with Gasteiger partial charge in [-0.2, -0.15) is 4.57 Å². The van der Waals surface area contributed by atoms with Crippen LogP contribution in [0.15, 0.2) is 32.3 Å². The first-order chi connectivity index (χ1) is 12.6. The molecule has 1 saturated heterocycles. The van der Waals surface area contributed by atoms with E-state index >= 15 is 0 Å². The first kappa shape index (κ1) is 20.5. The predicted octanol–water partition coefficient (Wildman–Crippen LogP) is 4.31. The van der Waals surface area contributed by atoms with Gasteiger partial charge in [-0.1, -0.05) is 54.1 Å². The number of nitrogens with zero attached hydrogens (tertiary/aromatic N) is 3. The van der Waals surface area contributed by atoms with Crippen LogP contribution in [0.5, 0.6) is 0 Å². The van der Waals surface area contributed by atoms with E-state index in [2.05, 4.69) is 0 Å². The molecule has 0 radical (unpaired) electrons. The average Bonchev–Trinajstić information content (AvgIpc) is 3.00. The molecule has 27 heavy (non-hydrogen) atoms. The van der Waals surface area contributed by atoms with E-state index in [1.807, 2.05) is 32.6 Å². The second kappa shape index (κ2) is 7.31. The van der Waals surface area contributed by atoms with E-state index < -0.39 is 22.4 Å². The number of hydrogen-bond donors (Lipinski definition) is 0. The average molecular weight is 448 g/mol. The van der Waals surface area contributed by atoms with Crippen LogP contribution in [0.3, 0.4) is 0 Å². The molecule has 0 unspecified atom stereocenters. The summed E-state index contributed by atoms with van der Waals surface area (Å²) in [4.78, 5) is 27.6. The maximum atomic E-state index is 13.1. The summed E-state index contributed by atoms with van der Waals surface area (Å²) < 4.78 is 7.66. The summed E-state index contributed by atoms with van der Waals surface area (Å²) in [6.45, 7) is 8.01. The molecule has 0 aliphatic carbocycles. The minimum atomic E-state index is -0.791. The number of halogens is 2. The van der Waals surface area contributed by atoms with Crippen molar-refractivity contribution in [2.75, 3.05) is 0 Å². The van der Waals surface area contributed by atoms with Crippen LogP contribution in [0.1, 0.15) is 40.3 Å². The second-order valence-corrected chi connectivity index (χ2v) is 10.0. The first-order valence-electron chi connectivity index (χ1n) is 8.40. The molecule has 1 aliphatic heterocycles. The summed E-state index contributed by atoms with van der Waals surface area (Å²) in [5.74, 6) is -0.791. The Morgan fingerprint density at radius 2 is 1.96 bits per heavy atom. The molecule has 0 amide bonds. The van der Waals surface area contributed by atoms with Crippen LogP contribution in [0.25, 0.3) is 5.69 Å². The van der Waals surface area contributed by atoms with Crippen molar-refractivity contribution >= 4 is 51.5 Å². The van der Waals surface area contributed by atoms with Crippen molar-refractivity contribution in [3.63, 3.8) is 0 Å². The highest BCUT2D eigenvalue weighted by molar-refractivity contribution is 8.24. The Morgan fingerprint density at radius 3 is 2.56 bits per heavy atom. The van der Waals surface area contributed by atoms with E-state index in [1.165, 1.54) is 23.9 Å².